The molecule has 0 atom stereocenters. The van der Waals surface area contributed by atoms with Crippen molar-refractivity contribution in [3.63, 3.8) is 0 Å². The molecule has 2 amide bonds. The van der Waals surface area contributed by atoms with Crippen molar-refractivity contribution in [1.82, 2.24) is 4.90 Å². The lowest BCUT2D eigenvalue weighted by Gasteiger charge is -2.25. The molecule has 5 nitrogen and oxygen atoms in total. The number of nitrogens with zero attached hydrogens (tertiary/aromatic N) is 3. The number of benzene rings is 2. The minimum Gasteiger partial charge on any atom is -0.309 e. The topological polar surface area (TPSA) is 43.9 Å². The summed E-state index contributed by atoms with van der Waals surface area (Å²) < 4.78 is 0. The first kappa shape index (κ1) is 20.4. The monoisotopic (exact) mass is 399 g/mol. The first-order chi connectivity index (χ1) is 13.5. The van der Waals surface area contributed by atoms with Gasteiger partial charge in [-0.25, -0.2) is 0 Å². The van der Waals surface area contributed by atoms with Crippen LogP contribution in [0.4, 0.5) is 17.1 Å². The highest BCUT2D eigenvalue weighted by atomic mass is 35.5. The molecule has 1 heterocycles. The van der Waals surface area contributed by atoms with Crippen LogP contribution in [0.25, 0.3) is 0 Å². The molecule has 0 saturated carbocycles. The molecule has 6 heteroatoms. The average molecular weight is 400 g/mol. The maximum atomic E-state index is 13.3. The Kier molecular flexibility index (Phi) is 6.37. The molecular weight excluding hydrogens is 374 g/mol. The van der Waals surface area contributed by atoms with Gasteiger partial charge in [-0.05, 0) is 56.4 Å². The van der Waals surface area contributed by atoms with Gasteiger partial charge >= 0.3 is 0 Å². The predicted octanol–water partition coefficient (Wildman–Crippen LogP) is 4.72. The summed E-state index contributed by atoms with van der Waals surface area (Å²) in [7, 11) is 1.71. The van der Waals surface area contributed by atoms with Crippen LogP contribution >= 0.6 is 11.6 Å². The third kappa shape index (κ3) is 3.91. The predicted molar refractivity (Wildman–Crippen MR) is 115 cm³/mol. The minimum atomic E-state index is -0.155. The number of amides is 2. The van der Waals surface area contributed by atoms with E-state index >= 15 is 0 Å². The van der Waals surface area contributed by atoms with E-state index in [0.29, 0.717) is 34.1 Å². The summed E-state index contributed by atoms with van der Waals surface area (Å²) in [6, 6.07) is 12.6. The van der Waals surface area contributed by atoms with Gasteiger partial charge in [-0.1, -0.05) is 37.6 Å². The molecule has 28 heavy (non-hydrogen) atoms. The van der Waals surface area contributed by atoms with Gasteiger partial charge < -0.3 is 9.80 Å². The molecule has 0 aliphatic carbocycles. The normalized spacial score (nSPS) is 13.4. The van der Waals surface area contributed by atoms with E-state index in [1.807, 2.05) is 24.3 Å². The van der Waals surface area contributed by atoms with Crippen molar-refractivity contribution >= 4 is 40.5 Å². The van der Waals surface area contributed by atoms with Crippen molar-refractivity contribution < 1.29 is 9.59 Å². The van der Waals surface area contributed by atoms with E-state index in [0.717, 1.165) is 26.1 Å². The van der Waals surface area contributed by atoms with E-state index in [-0.39, 0.29) is 11.8 Å². The van der Waals surface area contributed by atoms with Gasteiger partial charge in [-0.2, -0.15) is 0 Å². The molecule has 0 fully saturated rings. The molecule has 148 valence electrons. The van der Waals surface area contributed by atoms with Gasteiger partial charge in [0.25, 0.3) is 5.91 Å². The van der Waals surface area contributed by atoms with Gasteiger partial charge in [0.2, 0.25) is 5.91 Å². The number of fused-ring (bicyclic) bond motifs is 2. The Hall–Kier alpha value is -2.37. The van der Waals surface area contributed by atoms with Crippen molar-refractivity contribution in [2.24, 2.45) is 0 Å². The molecule has 1 aliphatic rings. The number of anilines is 3. The van der Waals surface area contributed by atoms with Crippen LogP contribution in [0.3, 0.4) is 0 Å². The summed E-state index contributed by atoms with van der Waals surface area (Å²) in [5, 5.41) is 0.526. The molecule has 0 bridgehead atoms. The third-order valence-electron chi connectivity index (χ3n) is 5.23. The standard InChI is InChI=1S/C22H26ClN3O2/c1-4-25(5-2)14-8-11-21(27)26-18-10-7-6-9-17(18)22(28)24(3)20-15-16(23)12-13-19(20)26/h6-7,9-10,12-13,15H,4-5,8,11,14H2,1-3H3. The average Bonchev–Trinajstić information content (AvgIpc) is 2.79. The Bertz CT molecular complexity index is 880. The molecule has 0 spiro atoms. The van der Waals surface area contributed by atoms with Crippen molar-refractivity contribution in [2.45, 2.75) is 26.7 Å². The van der Waals surface area contributed by atoms with Gasteiger partial charge in [0.1, 0.15) is 0 Å². The second-order valence-corrected chi connectivity index (χ2v) is 7.31. The van der Waals surface area contributed by atoms with Gasteiger partial charge in [0.15, 0.2) is 0 Å². The maximum absolute atomic E-state index is 13.3. The summed E-state index contributed by atoms with van der Waals surface area (Å²) in [4.78, 5) is 31.8. The fraction of sp³-hybridized carbons (Fsp3) is 0.364. The molecule has 1 aliphatic heterocycles. The van der Waals surface area contributed by atoms with Gasteiger partial charge in [-0.3, -0.25) is 14.5 Å². The Balaban J connectivity index is 1.99. The van der Waals surface area contributed by atoms with E-state index in [4.69, 9.17) is 11.6 Å². The van der Waals surface area contributed by atoms with Crippen LogP contribution in [0.5, 0.6) is 0 Å². The van der Waals surface area contributed by atoms with Crippen molar-refractivity contribution in [2.75, 3.05) is 36.5 Å². The van der Waals surface area contributed by atoms with Gasteiger partial charge in [-0.15, -0.1) is 0 Å². The minimum absolute atomic E-state index is 0.0220. The molecule has 0 saturated heterocycles. The number of carbonyl (C=O) groups excluding carboxylic acids is 2. The van der Waals surface area contributed by atoms with E-state index in [2.05, 4.69) is 18.7 Å². The number of hydrogen-bond donors (Lipinski definition) is 0. The van der Waals surface area contributed by atoms with E-state index < -0.39 is 0 Å². The Morgan fingerprint density at radius 3 is 2.46 bits per heavy atom. The summed E-state index contributed by atoms with van der Waals surface area (Å²) in [6.45, 7) is 7.06. The van der Waals surface area contributed by atoms with Crippen LogP contribution in [0.2, 0.25) is 5.02 Å². The first-order valence-corrected chi connectivity index (χ1v) is 10.1. The van der Waals surface area contributed by atoms with Crippen LogP contribution in [0, 0.1) is 0 Å². The van der Waals surface area contributed by atoms with E-state index in [1.54, 1.807) is 35.0 Å². The van der Waals surface area contributed by atoms with E-state index in [1.165, 1.54) is 0 Å². The number of carbonyl (C=O) groups is 2. The van der Waals surface area contributed by atoms with Crippen molar-refractivity contribution in [3.05, 3.63) is 53.1 Å². The van der Waals surface area contributed by atoms with Gasteiger partial charge in [0, 0.05) is 18.5 Å². The zero-order valence-electron chi connectivity index (χ0n) is 16.6. The molecular formula is C22H26ClN3O2. The molecule has 0 radical (unpaired) electrons. The summed E-state index contributed by atoms with van der Waals surface area (Å²) in [6.07, 6.45) is 1.18. The van der Waals surface area contributed by atoms with Crippen LogP contribution < -0.4 is 9.80 Å². The highest BCUT2D eigenvalue weighted by Crippen LogP contribution is 2.41. The lowest BCUT2D eigenvalue weighted by molar-refractivity contribution is -0.118. The quantitative estimate of drug-likeness (QED) is 0.706. The smallest absolute Gasteiger partial charge is 0.260 e. The summed E-state index contributed by atoms with van der Waals surface area (Å²) in [5.41, 5.74) is 2.44. The summed E-state index contributed by atoms with van der Waals surface area (Å²) >= 11 is 6.18. The molecule has 2 aromatic carbocycles. The Morgan fingerprint density at radius 2 is 1.75 bits per heavy atom. The second kappa shape index (κ2) is 8.76. The van der Waals surface area contributed by atoms with Crippen LogP contribution in [0.1, 0.15) is 37.0 Å². The summed E-state index contributed by atoms with van der Waals surface area (Å²) in [5.74, 6) is -0.177. The maximum Gasteiger partial charge on any atom is 0.260 e. The number of rotatable bonds is 6. The zero-order valence-corrected chi connectivity index (χ0v) is 17.4. The molecule has 0 unspecified atom stereocenters. The Labute approximate surface area is 171 Å². The SMILES string of the molecule is CCN(CC)CCCC(=O)N1c2ccccc2C(=O)N(C)c2cc(Cl)ccc21. The fourth-order valence-corrected chi connectivity index (χ4v) is 3.76. The van der Waals surface area contributed by atoms with Crippen LogP contribution in [0.15, 0.2) is 42.5 Å². The first-order valence-electron chi connectivity index (χ1n) is 9.69. The fourth-order valence-electron chi connectivity index (χ4n) is 3.60. The lowest BCUT2D eigenvalue weighted by Crippen LogP contribution is -2.29. The zero-order chi connectivity index (χ0) is 20.3. The lowest BCUT2D eigenvalue weighted by atomic mass is 10.1. The second-order valence-electron chi connectivity index (χ2n) is 6.87. The highest BCUT2D eigenvalue weighted by molar-refractivity contribution is 6.31. The van der Waals surface area contributed by atoms with Gasteiger partial charge in [0.05, 0.1) is 22.6 Å². The van der Waals surface area contributed by atoms with Crippen molar-refractivity contribution in [3.8, 4) is 0 Å². The van der Waals surface area contributed by atoms with Crippen molar-refractivity contribution in [1.29, 1.82) is 0 Å². The molecule has 0 aromatic heterocycles. The van der Waals surface area contributed by atoms with Crippen LogP contribution in [-0.2, 0) is 4.79 Å². The largest absolute Gasteiger partial charge is 0.309 e. The number of hydrogen-bond acceptors (Lipinski definition) is 3. The highest BCUT2D eigenvalue weighted by Gasteiger charge is 2.32. The van der Waals surface area contributed by atoms with Crippen LogP contribution in [-0.4, -0.2) is 43.4 Å². The van der Waals surface area contributed by atoms with E-state index in [9.17, 15) is 9.59 Å². The Morgan fingerprint density at radius 1 is 1.04 bits per heavy atom. The molecule has 3 rings (SSSR count). The molecule has 2 aromatic rings. The number of para-hydroxylation sites is 1. The third-order valence-corrected chi connectivity index (χ3v) is 5.46. The number of halogens is 1. The molecule has 0 N–H and O–H groups in total.